The minimum atomic E-state index is -4.37. The largest absolute Gasteiger partial charge is 0.484 e. The fourth-order valence-electron chi connectivity index (χ4n) is 3.59. The van der Waals surface area contributed by atoms with Gasteiger partial charge in [0.15, 0.2) is 6.61 Å². The molecular weight excluding hydrogens is 361 g/mol. The first kappa shape index (κ1) is 19.8. The topological polar surface area (TPSA) is 42.0 Å². The monoisotopic (exact) mass is 386 g/mol. The molecule has 0 saturated carbocycles. The summed E-state index contributed by atoms with van der Waals surface area (Å²) in [5, 5.41) is 0. The lowest BCUT2D eigenvalue weighted by atomic mass is 10.1. The summed E-state index contributed by atoms with van der Waals surface area (Å²) >= 11 is 0. The van der Waals surface area contributed by atoms with Crippen molar-refractivity contribution >= 4 is 11.7 Å². The Bertz CT molecular complexity index is 636. The third-order valence-electron chi connectivity index (χ3n) is 4.92. The van der Waals surface area contributed by atoms with Crippen molar-refractivity contribution in [1.29, 1.82) is 0 Å². The number of fused-ring (bicyclic) bond motifs is 1. The van der Waals surface area contributed by atoms with Crippen molar-refractivity contribution < 1.29 is 27.4 Å². The quantitative estimate of drug-likeness (QED) is 0.633. The summed E-state index contributed by atoms with van der Waals surface area (Å²) in [6.07, 6.45) is -1.30. The Morgan fingerprint density at radius 3 is 2.56 bits per heavy atom. The summed E-state index contributed by atoms with van der Waals surface area (Å²) < 4.78 is 47.0. The molecule has 2 aliphatic heterocycles. The molecule has 1 aromatic rings. The highest BCUT2D eigenvalue weighted by atomic mass is 19.4. The number of carbonyl (C=O) groups is 1. The van der Waals surface area contributed by atoms with Crippen LogP contribution in [0.25, 0.3) is 0 Å². The van der Waals surface area contributed by atoms with Crippen LogP contribution >= 0.6 is 0 Å². The number of alkyl halides is 3. The second-order valence-corrected chi connectivity index (χ2v) is 7.13. The van der Waals surface area contributed by atoms with Crippen LogP contribution < -0.4 is 9.64 Å². The minimum Gasteiger partial charge on any atom is -0.484 e. The van der Waals surface area contributed by atoms with Gasteiger partial charge in [0.05, 0.1) is 12.6 Å². The van der Waals surface area contributed by atoms with Gasteiger partial charge in [0.25, 0.3) is 0 Å². The molecular formula is C19H25F3N2O3. The Kier molecular flexibility index (Phi) is 6.14. The molecule has 8 heteroatoms. The van der Waals surface area contributed by atoms with E-state index < -0.39 is 12.8 Å². The Labute approximate surface area is 157 Å². The van der Waals surface area contributed by atoms with E-state index in [9.17, 15) is 18.0 Å². The van der Waals surface area contributed by atoms with Crippen LogP contribution in [0.3, 0.4) is 0 Å². The Morgan fingerprint density at radius 1 is 1.19 bits per heavy atom. The van der Waals surface area contributed by atoms with Crippen LogP contribution in [0, 0.1) is 5.92 Å². The van der Waals surface area contributed by atoms with Crippen molar-refractivity contribution in [2.75, 3.05) is 37.8 Å². The van der Waals surface area contributed by atoms with Gasteiger partial charge in [0, 0.05) is 31.3 Å². The zero-order valence-electron chi connectivity index (χ0n) is 15.4. The molecule has 1 aromatic carbocycles. The van der Waals surface area contributed by atoms with E-state index in [0.717, 1.165) is 25.9 Å². The lowest BCUT2D eigenvalue weighted by molar-refractivity contribution is -0.153. The number of rotatable bonds is 8. The highest BCUT2D eigenvalue weighted by Gasteiger charge is 2.44. The summed E-state index contributed by atoms with van der Waals surface area (Å²) in [6.45, 7) is 3.53. The van der Waals surface area contributed by atoms with Gasteiger partial charge < -0.3 is 14.4 Å². The summed E-state index contributed by atoms with van der Waals surface area (Å²) in [6, 6.07) is 6.27. The summed E-state index contributed by atoms with van der Waals surface area (Å²) in [4.78, 5) is 16.2. The lowest BCUT2D eigenvalue weighted by Gasteiger charge is -2.19. The van der Waals surface area contributed by atoms with Crippen LogP contribution in [0.15, 0.2) is 24.3 Å². The van der Waals surface area contributed by atoms with E-state index in [2.05, 4.69) is 6.92 Å². The van der Waals surface area contributed by atoms with E-state index in [1.54, 1.807) is 17.0 Å². The number of unbranched alkanes of at least 4 members (excludes halogenated alkanes) is 1. The van der Waals surface area contributed by atoms with Crippen molar-refractivity contribution in [2.45, 2.75) is 38.4 Å². The Hall–Kier alpha value is -1.96. The van der Waals surface area contributed by atoms with Crippen molar-refractivity contribution in [2.24, 2.45) is 5.92 Å². The van der Waals surface area contributed by atoms with Crippen LogP contribution in [0.4, 0.5) is 23.7 Å². The summed E-state index contributed by atoms with van der Waals surface area (Å²) in [5.74, 6) is 0.503. The number of halogens is 3. The second kappa shape index (κ2) is 8.37. The molecule has 0 spiro atoms. The summed E-state index contributed by atoms with van der Waals surface area (Å²) in [7, 11) is 0. The first-order chi connectivity index (χ1) is 12.9. The molecule has 2 unspecified atom stereocenters. The normalized spacial score (nSPS) is 22.4. The molecule has 0 aromatic heterocycles. The average molecular weight is 386 g/mol. The molecule has 0 radical (unpaired) electrons. The van der Waals surface area contributed by atoms with Gasteiger partial charge in [-0.1, -0.05) is 13.3 Å². The van der Waals surface area contributed by atoms with Crippen molar-refractivity contribution in [1.82, 2.24) is 4.90 Å². The molecule has 2 heterocycles. The number of amides is 2. The van der Waals surface area contributed by atoms with Gasteiger partial charge >= 0.3 is 12.2 Å². The number of nitrogens with zero attached hydrogens (tertiary/aromatic N) is 2. The van der Waals surface area contributed by atoms with Gasteiger partial charge in [-0.15, -0.1) is 0 Å². The number of urea groups is 1. The molecule has 0 N–H and O–H groups in total. The number of benzene rings is 1. The van der Waals surface area contributed by atoms with Gasteiger partial charge in [-0.05, 0) is 37.1 Å². The molecule has 150 valence electrons. The molecule has 2 amide bonds. The average Bonchev–Trinajstić information content (AvgIpc) is 3.16. The van der Waals surface area contributed by atoms with Crippen LogP contribution in [0.1, 0.15) is 26.2 Å². The van der Waals surface area contributed by atoms with Gasteiger partial charge in [-0.3, -0.25) is 4.90 Å². The smallest absolute Gasteiger partial charge is 0.422 e. The first-order valence-corrected chi connectivity index (χ1v) is 9.33. The van der Waals surface area contributed by atoms with Crippen molar-refractivity contribution in [3.63, 3.8) is 0 Å². The molecule has 2 atom stereocenters. The standard InChI is InChI=1S/C19H25F3N2O3/c1-2-3-8-26-12-14-9-16-11-24(18(25)23(16)10-14)15-4-6-17(7-5-15)27-13-19(20,21)22/h4-7,14,16H,2-3,8-13H2,1H3. The highest BCUT2D eigenvalue weighted by Crippen LogP contribution is 2.33. The van der Waals surface area contributed by atoms with Crippen LogP contribution in [-0.2, 0) is 4.74 Å². The van der Waals surface area contributed by atoms with Crippen LogP contribution in [-0.4, -0.2) is 56.1 Å². The fraction of sp³-hybridized carbons (Fsp3) is 0.632. The highest BCUT2D eigenvalue weighted by molar-refractivity contribution is 5.95. The van der Waals surface area contributed by atoms with Gasteiger partial charge in [-0.2, -0.15) is 13.2 Å². The molecule has 2 fully saturated rings. The van der Waals surface area contributed by atoms with Gasteiger partial charge in [-0.25, -0.2) is 4.79 Å². The molecule has 5 nitrogen and oxygen atoms in total. The van der Waals surface area contributed by atoms with Gasteiger partial charge in [0.1, 0.15) is 5.75 Å². The Balaban J connectivity index is 1.51. The van der Waals surface area contributed by atoms with Crippen LogP contribution in [0.5, 0.6) is 5.75 Å². The maximum absolute atomic E-state index is 12.7. The van der Waals surface area contributed by atoms with E-state index in [0.29, 0.717) is 31.3 Å². The second-order valence-electron chi connectivity index (χ2n) is 7.13. The molecule has 0 aliphatic carbocycles. The van der Waals surface area contributed by atoms with E-state index in [4.69, 9.17) is 9.47 Å². The molecule has 2 aliphatic rings. The number of hydrogen-bond donors (Lipinski definition) is 0. The number of carbonyl (C=O) groups excluding carboxylic acids is 1. The van der Waals surface area contributed by atoms with Crippen molar-refractivity contribution in [3.8, 4) is 5.75 Å². The molecule has 3 rings (SSSR count). The van der Waals surface area contributed by atoms with Gasteiger partial charge in [0.2, 0.25) is 0 Å². The fourth-order valence-corrected chi connectivity index (χ4v) is 3.59. The van der Waals surface area contributed by atoms with E-state index in [1.807, 2.05) is 4.90 Å². The lowest BCUT2D eigenvalue weighted by Crippen LogP contribution is -2.33. The minimum absolute atomic E-state index is 0.0555. The zero-order chi connectivity index (χ0) is 19.4. The third kappa shape index (κ3) is 5.06. The molecule has 27 heavy (non-hydrogen) atoms. The predicted octanol–water partition coefficient (Wildman–Crippen LogP) is 4.07. The van der Waals surface area contributed by atoms with Crippen LogP contribution in [0.2, 0.25) is 0 Å². The maximum Gasteiger partial charge on any atom is 0.422 e. The van der Waals surface area contributed by atoms with E-state index in [-0.39, 0.29) is 17.8 Å². The molecule has 2 saturated heterocycles. The van der Waals surface area contributed by atoms with Crippen molar-refractivity contribution in [3.05, 3.63) is 24.3 Å². The summed E-state index contributed by atoms with van der Waals surface area (Å²) in [5.41, 5.74) is 0.671. The van der Waals surface area contributed by atoms with E-state index >= 15 is 0 Å². The maximum atomic E-state index is 12.7. The third-order valence-corrected chi connectivity index (χ3v) is 4.92. The number of anilines is 1. The predicted molar refractivity (Wildman–Crippen MR) is 95.1 cm³/mol. The number of ether oxygens (including phenoxy) is 2. The Morgan fingerprint density at radius 2 is 1.93 bits per heavy atom. The zero-order valence-corrected chi connectivity index (χ0v) is 15.4. The first-order valence-electron chi connectivity index (χ1n) is 9.33. The number of hydrogen-bond acceptors (Lipinski definition) is 3. The van der Waals surface area contributed by atoms with E-state index in [1.165, 1.54) is 12.1 Å². The molecule has 0 bridgehead atoms. The SMILES string of the molecule is CCCCOCC1CC2CN(c3ccc(OCC(F)(F)F)cc3)C(=O)N2C1.